The molecule has 5 rings (SSSR count). The van der Waals surface area contributed by atoms with Crippen LogP contribution in [-0.4, -0.2) is 70.0 Å². The highest BCUT2D eigenvalue weighted by atomic mass is 32.2. The van der Waals surface area contributed by atoms with Crippen molar-refractivity contribution in [1.82, 2.24) is 29.2 Å². The molecule has 3 aromatic rings. The van der Waals surface area contributed by atoms with Crippen LogP contribution in [0, 0.1) is 16.7 Å². The number of hydrogen-bond donors (Lipinski definition) is 1. The van der Waals surface area contributed by atoms with Crippen molar-refractivity contribution in [2.24, 2.45) is 5.41 Å². The number of nitrogens with zero attached hydrogens (tertiary/aromatic N) is 7. The second-order valence-corrected chi connectivity index (χ2v) is 13.7. The van der Waals surface area contributed by atoms with Crippen LogP contribution in [-0.2, 0) is 14.8 Å². The summed E-state index contributed by atoms with van der Waals surface area (Å²) in [6, 6.07) is 3.39. The smallest absolute Gasteiger partial charge is 0.291 e. The second-order valence-electron chi connectivity index (χ2n) is 11.0. The number of nitrogens with one attached hydrogen (secondary N) is 1. The summed E-state index contributed by atoms with van der Waals surface area (Å²) < 4.78 is 57.2. The van der Waals surface area contributed by atoms with E-state index in [1.54, 1.807) is 0 Å². The van der Waals surface area contributed by atoms with Crippen molar-refractivity contribution in [3.63, 3.8) is 0 Å². The van der Waals surface area contributed by atoms with E-state index in [1.165, 1.54) is 22.9 Å². The van der Waals surface area contributed by atoms with Crippen LogP contribution in [0.2, 0.25) is 0 Å². The number of carbonyl (C=O) groups excluding carboxylic acids is 1. The quantitative estimate of drug-likeness (QED) is 0.471. The lowest BCUT2D eigenvalue weighted by Gasteiger charge is -2.43. The number of fused-ring (bicyclic) bond motifs is 1. The molecule has 15 heteroatoms. The molecule has 4 heterocycles. The van der Waals surface area contributed by atoms with Crippen LogP contribution in [0.3, 0.4) is 0 Å². The zero-order chi connectivity index (χ0) is 28.3. The Bertz CT molecular complexity index is 1580. The van der Waals surface area contributed by atoms with Crippen LogP contribution in [0.15, 0.2) is 23.4 Å². The number of nitriles is 1. The summed E-state index contributed by atoms with van der Waals surface area (Å²) in [4.78, 5) is 21.1. The molecule has 1 aliphatic carbocycles. The molecule has 39 heavy (non-hydrogen) atoms. The van der Waals surface area contributed by atoms with Crippen LogP contribution >= 0.6 is 11.3 Å². The van der Waals surface area contributed by atoms with Gasteiger partial charge < -0.3 is 9.80 Å². The molecule has 3 aromatic heterocycles. The largest absolute Gasteiger partial charge is 0.366 e. The normalized spacial score (nSPS) is 19.5. The number of rotatable bonds is 6. The molecular formula is C24H28F2N8O3S2. The van der Waals surface area contributed by atoms with Gasteiger partial charge in [-0.05, 0) is 25.8 Å². The number of piperazine rings is 1. The summed E-state index contributed by atoms with van der Waals surface area (Å²) in [5.74, 6) is 0.202. The average molecular weight is 579 g/mol. The number of hydrogen-bond acceptors (Lipinski definition) is 9. The number of sulfonamides is 1. The Labute approximate surface area is 228 Å². The molecular weight excluding hydrogens is 550 g/mol. The summed E-state index contributed by atoms with van der Waals surface area (Å²) in [5.41, 5.74) is -0.583. The minimum absolute atomic E-state index is 0.0318. The van der Waals surface area contributed by atoms with E-state index in [2.05, 4.69) is 19.9 Å². The molecule has 0 spiro atoms. The summed E-state index contributed by atoms with van der Waals surface area (Å²) in [5, 5.41) is 16.5. The van der Waals surface area contributed by atoms with E-state index in [9.17, 15) is 27.3 Å². The van der Waals surface area contributed by atoms with Crippen molar-refractivity contribution in [3.8, 4) is 16.9 Å². The van der Waals surface area contributed by atoms with Crippen molar-refractivity contribution >= 4 is 38.5 Å². The SMILES string of the molecule is C[C@@H]1CN(c2cc(S(=O)(=O)NC3(C#N)CC3)cn3c(-c4nnc(C(F)F)s4)ncc23)CCN1C(=O)C(C)(C)C. The monoisotopic (exact) mass is 578 g/mol. The van der Waals surface area contributed by atoms with Gasteiger partial charge in [0.25, 0.3) is 6.43 Å². The predicted molar refractivity (Wildman–Crippen MR) is 140 cm³/mol. The number of halogens is 2. The van der Waals surface area contributed by atoms with Gasteiger partial charge in [-0.1, -0.05) is 32.1 Å². The summed E-state index contributed by atoms with van der Waals surface area (Å²) in [6.45, 7) is 8.86. The standard InChI is InChI=1S/C24H28F2N8O3S2/c1-14-11-32(7-8-33(14)22(35)23(2,3)4)16-9-15(39(36,37)31-24(13-27)5-6-24)12-34-17(16)10-28-19(34)21-30-29-20(38-21)18(25)26/h9-10,12,14,18,31H,5-8,11H2,1-4H3/t14-/m1/s1. The Morgan fingerprint density at radius 3 is 2.56 bits per heavy atom. The lowest BCUT2D eigenvalue weighted by Crippen LogP contribution is -2.56. The van der Waals surface area contributed by atoms with E-state index in [4.69, 9.17) is 0 Å². The summed E-state index contributed by atoms with van der Waals surface area (Å²) in [6.07, 6.45) is 0.913. The highest BCUT2D eigenvalue weighted by molar-refractivity contribution is 7.89. The number of imidazole rings is 1. The van der Waals surface area contributed by atoms with Gasteiger partial charge in [0.15, 0.2) is 15.8 Å². The van der Waals surface area contributed by atoms with E-state index in [0.29, 0.717) is 55.0 Å². The zero-order valence-corrected chi connectivity index (χ0v) is 23.5. The molecule has 1 saturated carbocycles. The van der Waals surface area contributed by atoms with Gasteiger partial charge in [0.05, 0.1) is 23.5 Å². The molecule has 0 bridgehead atoms. The minimum Gasteiger partial charge on any atom is -0.366 e. The molecule has 0 aromatic carbocycles. The molecule has 1 aliphatic heterocycles. The van der Waals surface area contributed by atoms with Crippen molar-refractivity contribution in [2.75, 3.05) is 24.5 Å². The fourth-order valence-corrected chi connectivity index (χ4v) is 6.70. The maximum Gasteiger partial charge on any atom is 0.291 e. The number of aromatic nitrogens is 4. The number of alkyl halides is 2. The molecule has 2 aliphatic rings. The zero-order valence-electron chi connectivity index (χ0n) is 21.8. The molecule has 2 fully saturated rings. The maximum absolute atomic E-state index is 13.4. The first kappa shape index (κ1) is 27.4. The van der Waals surface area contributed by atoms with Gasteiger partial charge in [-0.2, -0.15) is 9.98 Å². The maximum atomic E-state index is 13.4. The van der Waals surface area contributed by atoms with E-state index in [0.717, 1.165) is 0 Å². The van der Waals surface area contributed by atoms with Gasteiger partial charge in [0.2, 0.25) is 15.9 Å². The third kappa shape index (κ3) is 5.08. The summed E-state index contributed by atoms with van der Waals surface area (Å²) in [7, 11) is -4.13. The highest BCUT2D eigenvalue weighted by Crippen LogP contribution is 2.38. The lowest BCUT2D eigenvalue weighted by molar-refractivity contribution is -0.142. The Kier molecular flexibility index (Phi) is 6.63. The summed E-state index contributed by atoms with van der Waals surface area (Å²) >= 11 is 0.677. The second kappa shape index (κ2) is 9.46. The predicted octanol–water partition coefficient (Wildman–Crippen LogP) is 3.21. The molecule has 208 valence electrons. The Morgan fingerprint density at radius 2 is 2.00 bits per heavy atom. The number of anilines is 1. The number of pyridine rings is 1. The van der Waals surface area contributed by atoms with Crippen LogP contribution in [0.4, 0.5) is 14.5 Å². The highest BCUT2D eigenvalue weighted by Gasteiger charge is 2.47. The van der Waals surface area contributed by atoms with Crippen molar-refractivity contribution in [3.05, 3.63) is 23.5 Å². The molecule has 1 amide bonds. The average Bonchev–Trinajstić information content (AvgIpc) is 3.26. The van der Waals surface area contributed by atoms with Gasteiger partial charge in [-0.3, -0.25) is 9.20 Å². The van der Waals surface area contributed by atoms with E-state index in [-0.39, 0.29) is 27.7 Å². The molecule has 11 nitrogen and oxygen atoms in total. The first-order valence-electron chi connectivity index (χ1n) is 12.4. The minimum atomic E-state index is -4.13. The fourth-order valence-electron chi connectivity index (χ4n) is 4.61. The Morgan fingerprint density at radius 1 is 1.28 bits per heavy atom. The van der Waals surface area contributed by atoms with E-state index >= 15 is 0 Å². The van der Waals surface area contributed by atoms with Crippen LogP contribution < -0.4 is 9.62 Å². The topological polar surface area (TPSA) is 137 Å². The molecule has 0 radical (unpaired) electrons. The fraction of sp³-hybridized carbons (Fsp3) is 0.542. The van der Waals surface area contributed by atoms with Crippen LogP contribution in [0.1, 0.15) is 52.0 Å². The van der Waals surface area contributed by atoms with Gasteiger partial charge in [0.1, 0.15) is 10.4 Å². The Hall–Kier alpha value is -3.22. The Balaban J connectivity index is 1.59. The molecule has 0 unspecified atom stereocenters. The van der Waals surface area contributed by atoms with Gasteiger partial charge in [0, 0.05) is 37.3 Å². The molecule has 1 N–H and O–H groups in total. The number of carbonyl (C=O) groups is 1. The van der Waals surface area contributed by atoms with Gasteiger partial charge >= 0.3 is 0 Å². The van der Waals surface area contributed by atoms with Gasteiger partial charge in [-0.15, -0.1) is 10.2 Å². The molecule has 1 atom stereocenters. The van der Waals surface area contributed by atoms with Crippen molar-refractivity contribution < 1.29 is 22.0 Å². The first-order valence-corrected chi connectivity index (χ1v) is 14.7. The van der Waals surface area contributed by atoms with E-state index < -0.39 is 32.4 Å². The van der Waals surface area contributed by atoms with Crippen LogP contribution in [0.25, 0.3) is 16.3 Å². The number of amides is 1. The first-order chi connectivity index (χ1) is 18.2. The third-order valence-corrected chi connectivity index (χ3v) is 9.32. The third-order valence-electron chi connectivity index (χ3n) is 6.89. The van der Waals surface area contributed by atoms with E-state index in [1.807, 2.05) is 43.6 Å². The van der Waals surface area contributed by atoms with Gasteiger partial charge in [-0.25, -0.2) is 22.2 Å². The lowest BCUT2D eigenvalue weighted by atomic mass is 9.93. The van der Waals surface area contributed by atoms with Crippen LogP contribution in [0.5, 0.6) is 0 Å². The van der Waals surface area contributed by atoms with Crippen molar-refractivity contribution in [1.29, 1.82) is 5.26 Å². The molecule has 1 saturated heterocycles. The van der Waals surface area contributed by atoms with Crippen molar-refractivity contribution in [2.45, 2.75) is 63.4 Å².